The van der Waals surface area contributed by atoms with Gasteiger partial charge in [-0.3, -0.25) is 0 Å². The summed E-state index contributed by atoms with van der Waals surface area (Å²) in [5.41, 5.74) is 7.69. The molecule has 0 saturated heterocycles. The molecule has 3 heteroatoms. The van der Waals surface area contributed by atoms with E-state index in [-0.39, 0.29) is 11.8 Å². The fourth-order valence-corrected chi connectivity index (χ4v) is 2.05. The molecule has 20 heavy (non-hydrogen) atoms. The molecule has 2 nitrogen and oxygen atoms in total. The number of benzene rings is 2. The number of hydrogen-bond acceptors (Lipinski definition) is 2. The minimum atomic E-state index is -0.394. The maximum Gasteiger partial charge on any atom is 0.167 e. The van der Waals surface area contributed by atoms with Gasteiger partial charge in [-0.25, -0.2) is 4.39 Å². The second-order valence-corrected chi connectivity index (χ2v) is 5.28. The molecule has 0 spiro atoms. The first-order chi connectivity index (χ1) is 9.49. The summed E-state index contributed by atoms with van der Waals surface area (Å²) >= 11 is 0. The van der Waals surface area contributed by atoms with Gasteiger partial charge in [0.15, 0.2) is 11.6 Å². The van der Waals surface area contributed by atoms with Crippen molar-refractivity contribution in [2.45, 2.75) is 32.7 Å². The van der Waals surface area contributed by atoms with E-state index in [9.17, 15) is 4.39 Å². The van der Waals surface area contributed by atoms with Crippen LogP contribution in [0.1, 0.15) is 43.9 Å². The Morgan fingerprint density at radius 3 is 2.40 bits per heavy atom. The van der Waals surface area contributed by atoms with E-state index in [1.807, 2.05) is 31.2 Å². The molecule has 0 aliphatic rings. The van der Waals surface area contributed by atoms with Crippen LogP contribution >= 0.6 is 0 Å². The van der Waals surface area contributed by atoms with Crippen molar-refractivity contribution in [3.63, 3.8) is 0 Å². The van der Waals surface area contributed by atoms with Gasteiger partial charge in [0.05, 0.1) is 0 Å². The number of rotatable bonds is 4. The van der Waals surface area contributed by atoms with Gasteiger partial charge in [0.2, 0.25) is 0 Å². The van der Waals surface area contributed by atoms with Crippen molar-refractivity contribution in [2.75, 3.05) is 0 Å². The Hall–Kier alpha value is -1.87. The van der Waals surface area contributed by atoms with Crippen LogP contribution in [0, 0.1) is 5.82 Å². The normalized spacial score (nSPS) is 12.5. The van der Waals surface area contributed by atoms with Gasteiger partial charge in [0.25, 0.3) is 0 Å². The Kier molecular flexibility index (Phi) is 4.40. The lowest BCUT2D eigenvalue weighted by atomic mass is 10.0. The van der Waals surface area contributed by atoms with Crippen LogP contribution in [0.5, 0.6) is 11.5 Å². The first-order valence-corrected chi connectivity index (χ1v) is 6.81. The zero-order valence-corrected chi connectivity index (χ0v) is 12.1. The monoisotopic (exact) mass is 273 g/mol. The first kappa shape index (κ1) is 14.5. The average molecular weight is 273 g/mol. The van der Waals surface area contributed by atoms with Crippen molar-refractivity contribution in [2.24, 2.45) is 5.73 Å². The molecule has 0 aliphatic carbocycles. The van der Waals surface area contributed by atoms with Gasteiger partial charge in [-0.15, -0.1) is 0 Å². The molecule has 1 unspecified atom stereocenters. The van der Waals surface area contributed by atoms with Crippen molar-refractivity contribution in [3.05, 3.63) is 59.4 Å². The quantitative estimate of drug-likeness (QED) is 0.871. The van der Waals surface area contributed by atoms with Crippen molar-refractivity contribution >= 4 is 0 Å². The van der Waals surface area contributed by atoms with Crippen LogP contribution in [0.2, 0.25) is 0 Å². The van der Waals surface area contributed by atoms with E-state index in [1.54, 1.807) is 12.1 Å². The molecule has 2 N–H and O–H groups in total. The Morgan fingerprint density at radius 1 is 1.05 bits per heavy atom. The van der Waals surface area contributed by atoms with E-state index in [2.05, 4.69) is 13.8 Å². The second kappa shape index (κ2) is 6.06. The zero-order chi connectivity index (χ0) is 14.7. The molecule has 0 fully saturated rings. The van der Waals surface area contributed by atoms with E-state index in [1.165, 1.54) is 6.07 Å². The van der Waals surface area contributed by atoms with Crippen LogP contribution in [0.15, 0.2) is 42.5 Å². The van der Waals surface area contributed by atoms with Gasteiger partial charge in [-0.2, -0.15) is 0 Å². The number of nitrogens with two attached hydrogens (primary N) is 1. The topological polar surface area (TPSA) is 35.2 Å². The van der Waals surface area contributed by atoms with Gasteiger partial charge < -0.3 is 10.5 Å². The number of ether oxygens (including phenoxy) is 1. The largest absolute Gasteiger partial charge is 0.454 e. The summed E-state index contributed by atoms with van der Waals surface area (Å²) in [5.74, 6) is 0.841. The highest BCUT2D eigenvalue weighted by Crippen LogP contribution is 2.32. The van der Waals surface area contributed by atoms with E-state index >= 15 is 0 Å². The molecule has 2 aromatic carbocycles. The van der Waals surface area contributed by atoms with Crippen LogP contribution in [-0.2, 0) is 0 Å². The highest BCUT2D eigenvalue weighted by molar-refractivity contribution is 5.41. The molecule has 106 valence electrons. The van der Waals surface area contributed by atoms with Gasteiger partial charge in [0, 0.05) is 11.6 Å². The Balaban J connectivity index is 2.37. The summed E-state index contributed by atoms with van der Waals surface area (Å²) in [5, 5.41) is 0. The average Bonchev–Trinajstić information content (AvgIpc) is 2.41. The molecular weight excluding hydrogens is 253 g/mol. The van der Waals surface area contributed by atoms with Crippen molar-refractivity contribution in [1.29, 1.82) is 0 Å². The lowest BCUT2D eigenvalue weighted by molar-refractivity contribution is 0.432. The molecule has 1 atom stereocenters. The molecule has 0 aromatic heterocycles. The van der Waals surface area contributed by atoms with Crippen LogP contribution in [-0.4, -0.2) is 0 Å². The van der Waals surface area contributed by atoms with Gasteiger partial charge in [-0.05, 0) is 36.6 Å². The lowest BCUT2D eigenvalue weighted by Gasteiger charge is -2.15. The fourth-order valence-electron chi connectivity index (χ4n) is 2.05. The maximum atomic E-state index is 14.0. The van der Waals surface area contributed by atoms with Crippen LogP contribution < -0.4 is 10.5 Å². The van der Waals surface area contributed by atoms with E-state index in [4.69, 9.17) is 10.5 Å². The summed E-state index contributed by atoms with van der Waals surface area (Å²) in [6.45, 7) is 6.03. The molecule has 0 aliphatic heterocycles. The minimum absolute atomic E-state index is 0.211. The molecule has 0 heterocycles. The molecule has 0 bridgehead atoms. The van der Waals surface area contributed by atoms with Crippen molar-refractivity contribution < 1.29 is 9.13 Å². The summed E-state index contributed by atoms with van der Waals surface area (Å²) in [6.07, 6.45) is 0. The van der Waals surface area contributed by atoms with Gasteiger partial charge >= 0.3 is 0 Å². The summed E-state index contributed by atoms with van der Waals surface area (Å²) in [4.78, 5) is 0. The predicted molar refractivity (Wildman–Crippen MR) is 79.6 cm³/mol. The van der Waals surface area contributed by atoms with Crippen molar-refractivity contribution in [3.8, 4) is 11.5 Å². The molecule has 2 aromatic rings. The maximum absolute atomic E-state index is 14.0. The molecular formula is C17H20FNO. The summed E-state index contributed by atoms with van der Waals surface area (Å²) in [7, 11) is 0. The van der Waals surface area contributed by atoms with E-state index in [0.717, 1.165) is 5.56 Å². The van der Waals surface area contributed by atoms with Crippen LogP contribution in [0.3, 0.4) is 0 Å². The Labute approximate surface area is 119 Å². The van der Waals surface area contributed by atoms with Gasteiger partial charge in [0.1, 0.15) is 5.75 Å². The van der Waals surface area contributed by atoms with E-state index < -0.39 is 5.82 Å². The number of halogens is 1. The predicted octanol–water partition coefficient (Wildman–Crippen LogP) is 4.76. The number of para-hydroxylation sites is 1. The minimum Gasteiger partial charge on any atom is -0.454 e. The van der Waals surface area contributed by atoms with Gasteiger partial charge in [-0.1, -0.05) is 38.1 Å². The molecule has 2 rings (SSSR count). The third-order valence-electron chi connectivity index (χ3n) is 3.23. The number of hydrogen-bond donors (Lipinski definition) is 1. The molecule has 0 amide bonds. The van der Waals surface area contributed by atoms with Crippen molar-refractivity contribution in [1.82, 2.24) is 0 Å². The second-order valence-electron chi connectivity index (χ2n) is 5.28. The summed E-state index contributed by atoms with van der Waals surface area (Å²) < 4.78 is 19.7. The first-order valence-electron chi connectivity index (χ1n) is 6.81. The lowest BCUT2D eigenvalue weighted by Crippen LogP contribution is -2.07. The molecule has 0 saturated carbocycles. The Morgan fingerprint density at radius 2 is 1.75 bits per heavy atom. The molecule has 0 radical (unpaired) electrons. The third kappa shape index (κ3) is 3.17. The fraction of sp³-hybridized carbons (Fsp3) is 0.294. The van der Waals surface area contributed by atoms with Crippen LogP contribution in [0.25, 0.3) is 0 Å². The summed E-state index contributed by atoms with van der Waals surface area (Å²) in [6, 6.07) is 12.2. The Bertz CT molecular complexity index is 593. The van der Waals surface area contributed by atoms with Crippen LogP contribution in [0.4, 0.5) is 4.39 Å². The highest BCUT2D eigenvalue weighted by atomic mass is 19.1. The zero-order valence-electron chi connectivity index (χ0n) is 12.1. The van der Waals surface area contributed by atoms with E-state index in [0.29, 0.717) is 17.2 Å². The SMILES string of the molecule is CC(C)c1cccc(Oc2c(F)cccc2C(C)N)c1. The smallest absolute Gasteiger partial charge is 0.167 e. The third-order valence-corrected chi connectivity index (χ3v) is 3.23. The standard InChI is InChI=1S/C17H20FNO/c1-11(2)13-6-4-7-14(10-13)20-17-15(12(3)19)8-5-9-16(17)18/h4-12H,19H2,1-3H3. The highest BCUT2D eigenvalue weighted by Gasteiger charge is 2.14.